The van der Waals surface area contributed by atoms with Crippen LogP contribution >= 0.6 is 34.7 Å². The summed E-state index contributed by atoms with van der Waals surface area (Å²) in [4.78, 5) is 0. The van der Waals surface area contributed by atoms with Crippen molar-refractivity contribution in [2.24, 2.45) is 5.92 Å². The minimum absolute atomic E-state index is 0.448. The van der Waals surface area contributed by atoms with Crippen molar-refractivity contribution in [3.8, 4) is 0 Å². The predicted molar refractivity (Wildman–Crippen MR) is 66.6 cm³/mol. The van der Waals surface area contributed by atoms with E-state index in [0.29, 0.717) is 6.04 Å². The van der Waals surface area contributed by atoms with Crippen LogP contribution in [0.4, 0.5) is 0 Å². The Balaban J connectivity index is 2.16. The van der Waals surface area contributed by atoms with Gasteiger partial charge in [0, 0.05) is 6.04 Å². The summed E-state index contributed by atoms with van der Waals surface area (Å²) in [6.07, 6.45) is 1.31. The molecule has 2 heterocycles. The van der Waals surface area contributed by atoms with Gasteiger partial charge in [-0.05, 0) is 47.9 Å². The molecule has 78 valence electrons. The van der Waals surface area contributed by atoms with E-state index in [9.17, 15) is 0 Å². The first-order valence-corrected chi connectivity index (χ1v) is 7.22. The van der Waals surface area contributed by atoms with Gasteiger partial charge >= 0.3 is 0 Å². The maximum absolute atomic E-state index is 6.16. The van der Waals surface area contributed by atoms with Gasteiger partial charge in [-0.15, -0.1) is 11.3 Å². The van der Waals surface area contributed by atoms with Gasteiger partial charge in [0.05, 0.1) is 4.34 Å². The molecule has 0 spiro atoms. The Kier molecular flexibility index (Phi) is 3.77. The van der Waals surface area contributed by atoms with E-state index in [2.05, 4.69) is 16.8 Å². The summed E-state index contributed by atoms with van der Waals surface area (Å²) in [6.45, 7) is 0. The molecule has 2 atom stereocenters. The van der Waals surface area contributed by atoms with E-state index in [0.717, 1.165) is 10.3 Å². The van der Waals surface area contributed by atoms with Gasteiger partial charge in [-0.3, -0.25) is 0 Å². The van der Waals surface area contributed by atoms with Crippen molar-refractivity contribution >= 4 is 34.7 Å². The SMILES string of the molecule is CNC(c1ccsc1Cl)C1CCSC1. The molecule has 0 aromatic carbocycles. The summed E-state index contributed by atoms with van der Waals surface area (Å²) in [5.41, 5.74) is 1.28. The van der Waals surface area contributed by atoms with Crippen molar-refractivity contribution in [2.75, 3.05) is 18.6 Å². The molecule has 1 aliphatic heterocycles. The van der Waals surface area contributed by atoms with Crippen LogP contribution in [0.2, 0.25) is 4.34 Å². The van der Waals surface area contributed by atoms with Crippen LogP contribution in [0.3, 0.4) is 0 Å². The second-order valence-electron chi connectivity index (χ2n) is 3.54. The minimum atomic E-state index is 0.448. The molecule has 1 N–H and O–H groups in total. The lowest BCUT2D eigenvalue weighted by molar-refractivity contribution is 0.421. The van der Waals surface area contributed by atoms with E-state index in [1.54, 1.807) is 11.3 Å². The summed E-state index contributed by atoms with van der Waals surface area (Å²) in [5, 5.41) is 5.47. The molecular weight excluding hydrogens is 234 g/mol. The fourth-order valence-corrected chi connectivity index (χ4v) is 4.29. The second kappa shape index (κ2) is 4.88. The smallest absolute Gasteiger partial charge is 0.0976 e. The maximum atomic E-state index is 6.16. The molecule has 14 heavy (non-hydrogen) atoms. The van der Waals surface area contributed by atoms with Crippen LogP contribution in [0, 0.1) is 5.92 Å². The fourth-order valence-electron chi connectivity index (χ4n) is 1.99. The molecule has 4 heteroatoms. The van der Waals surface area contributed by atoms with Crippen LogP contribution in [0.25, 0.3) is 0 Å². The summed E-state index contributed by atoms with van der Waals surface area (Å²) in [6, 6.07) is 2.60. The molecule has 1 aromatic rings. The first-order chi connectivity index (χ1) is 6.83. The molecule has 1 aromatic heterocycles. The van der Waals surface area contributed by atoms with E-state index in [-0.39, 0.29) is 0 Å². The minimum Gasteiger partial charge on any atom is -0.313 e. The Hall–Kier alpha value is 0.300. The van der Waals surface area contributed by atoms with E-state index in [4.69, 9.17) is 11.6 Å². The predicted octanol–water partition coefficient (Wildman–Crippen LogP) is 3.42. The number of hydrogen-bond donors (Lipinski definition) is 1. The van der Waals surface area contributed by atoms with Crippen molar-refractivity contribution in [1.82, 2.24) is 5.32 Å². The number of thiophene rings is 1. The number of hydrogen-bond acceptors (Lipinski definition) is 3. The van der Waals surface area contributed by atoms with Crippen molar-refractivity contribution in [3.05, 3.63) is 21.3 Å². The zero-order chi connectivity index (χ0) is 9.97. The van der Waals surface area contributed by atoms with Crippen molar-refractivity contribution in [3.63, 3.8) is 0 Å². The number of rotatable bonds is 3. The quantitative estimate of drug-likeness (QED) is 0.879. The fraction of sp³-hybridized carbons (Fsp3) is 0.600. The number of thioether (sulfide) groups is 1. The molecule has 0 radical (unpaired) electrons. The van der Waals surface area contributed by atoms with Gasteiger partial charge in [-0.2, -0.15) is 11.8 Å². The first kappa shape index (κ1) is 10.8. The van der Waals surface area contributed by atoms with E-state index < -0.39 is 0 Å². The second-order valence-corrected chi connectivity index (χ2v) is 6.21. The molecule has 0 saturated carbocycles. The summed E-state index contributed by atoms with van der Waals surface area (Å²) in [7, 11) is 2.03. The third kappa shape index (κ3) is 2.11. The highest BCUT2D eigenvalue weighted by Gasteiger charge is 2.27. The molecule has 2 rings (SSSR count). The van der Waals surface area contributed by atoms with Crippen LogP contribution in [0.15, 0.2) is 11.4 Å². The van der Waals surface area contributed by atoms with Gasteiger partial charge in [-0.1, -0.05) is 11.6 Å². The van der Waals surface area contributed by atoms with Crippen LogP contribution in [0.5, 0.6) is 0 Å². The third-order valence-corrected chi connectivity index (χ3v) is 5.12. The molecule has 0 bridgehead atoms. The molecule has 2 unspecified atom stereocenters. The van der Waals surface area contributed by atoms with Crippen molar-refractivity contribution in [2.45, 2.75) is 12.5 Å². The molecule has 1 fully saturated rings. The van der Waals surface area contributed by atoms with Crippen molar-refractivity contribution in [1.29, 1.82) is 0 Å². The molecular formula is C10H14ClNS2. The molecule has 1 aliphatic rings. The van der Waals surface area contributed by atoms with Gasteiger partial charge in [0.25, 0.3) is 0 Å². The average molecular weight is 248 g/mol. The third-order valence-electron chi connectivity index (χ3n) is 2.73. The zero-order valence-electron chi connectivity index (χ0n) is 8.13. The van der Waals surface area contributed by atoms with Gasteiger partial charge in [0.15, 0.2) is 0 Å². The Morgan fingerprint density at radius 2 is 2.50 bits per heavy atom. The Morgan fingerprint density at radius 3 is 3.00 bits per heavy atom. The lowest BCUT2D eigenvalue weighted by Crippen LogP contribution is -2.24. The Labute approximate surface area is 98.2 Å². The van der Waals surface area contributed by atoms with E-state index in [1.807, 2.05) is 18.8 Å². The van der Waals surface area contributed by atoms with Gasteiger partial charge in [-0.25, -0.2) is 0 Å². The monoisotopic (exact) mass is 247 g/mol. The Bertz CT molecular complexity index is 294. The number of nitrogens with one attached hydrogen (secondary N) is 1. The van der Waals surface area contributed by atoms with Crippen LogP contribution in [-0.2, 0) is 0 Å². The molecule has 1 nitrogen and oxygen atoms in total. The maximum Gasteiger partial charge on any atom is 0.0976 e. The zero-order valence-corrected chi connectivity index (χ0v) is 10.5. The summed E-state index contributed by atoms with van der Waals surface area (Å²) < 4.78 is 0.946. The van der Waals surface area contributed by atoms with Crippen LogP contribution in [-0.4, -0.2) is 18.6 Å². The largest absolute Gasteiger partial charge is 0.313 e. The highest BCUT2D eigenvalue weighted by molar-refractivity contribution is 7.99. The lowest BCUT2D eigenvalue weighted by Gasteiger charge is -2.21. The van der Waals surface area contributed by atoms with Crippen LogP contribution in [0.1, 0.15) is 18.0 Å². The van der Waals surface area contributed by atoms with Crippen LogP contribution < -0.4 is 5.32 Å². The van der Waals surface area contributed by atoms with Gasteiger partial charge < -0.3 is 5.32 Å². The average Bonchev–Trinajstić information content (AvgIpc) is 2.80. The van der Waals surface area contributed by atoms with Crippen molar-refractivity contribution < 1.29 is 0 Å². The standard InChI is InChI=1S/C10H14ClNS2/c1-12-9(7-2-4-13-6-7)8-3-5-14-10(8)11/h3,5,7,9,12H,2,4,6H2,1H3. The van der Waals surface area contributed by atoms with E-state index in [1.165, 1.54) is 23.5 Å². The topological polar surface area (TPSA) is 12.0 Å². The number of halogens is 1. The highest BCUT2D eigenvalue weighted by Crippen LogP contribution is 2.38. The molecule has 0 amide bonds. The Morgan fingerprint density at radius 1 is 1.64 bits per heavy atom. The summed E-state index contributed by atoms with van der Waals surface area (Å²) >= 11 is 9.84. The normalized spacial score (nSPS) is 24.0. The summed E-state index contributed by atoms with van der Waals surface area (Å²) in [5.74, 6) is 3.31. The first-order valence-electron chi connectivity index (χ1n) is 4.81. The molecule has 1 saturated heterocycles. The van der Waals surface area contributed by atoms with Gasteiger partial charge in [0.1, 0.15) is 0 Å². The van der Waals surface area contributed by atoms with Gasteiger partial charge in [0.2, 0.25) is 0 Å². The highest BCUT2D eigenvalue weighted by atomic mass is 35.5. The molecule has 0 aliphatic carbocycles. The lowest BCUT2D eigenvalue weighted by atomic mass is 9.94. The van der Waals surface area contributed by atoms with E-state index >= 15 is 0 Å².